The van der Waals surface area contributed by atoms with Crippen LogP contribution in [-0.4, -0.2) is 110 Å². The van der Waals surface area contributed by atoms with E-state index in [0.717, 1.165) is 5.56 Å². The molecule has 1 aliphatic heterocycles. The Labute approximate surface area is 338 Å². The number of likely N-dealkylation sites (N-methyl/N-ethyl adjacent to an activating group) is 1. The van der Waals surface area contributed by atoms with Crippen LogP contribution in [-0.2, 0) is 50.1 Å². The van der Waals surface area contributed by atoms with E-state index in [1.165, 1.54) is 36.4 Å². The molecule has 0 saturated heterocycles. The molecule has 0 fully saturated rings. The van der Waals surface area contributed by atoms with E-state index in [2.05, 4.69) is 10.6 Å². The first-order valence-electron chi connectivity index (χ1n) is 18.9. The number of phenolic OH excluding ortho intramolecular Hbond substituents is 1. The molecular formula is C42H45N3O14. The zero-order valence-electron chi connectivity index (χ0n) is 32.4. The van der Waals surface area contributed by atoms with Gasteiger partial charge in [0, 0.05) is 12.0 Å². The number of nitrogens with one attached hydrogen (secondary N) is 2. The minimum atomic E-state index is -1.81. The number of carbonyl (C=O) groups excluding carboxylic acids is 4. The molecule has 6 rings (SSSR count). The molecule has 0 unspecified atom stereocenters. The molecule has 17 nitrogen and oxygen atoms in total. The van der Waals surface area contributed by atoms with E-state index in [-0.39, 0.29) is 41.2 Å². The SMILES string of the molecule is CCN(C)[C@@H]1Cc2ccc(O)c3c2[C@@]2(C)[C@@H](O3)C(OC(=O)C[C@H](NC(=O)[C@@H](O)c3ccccc3)C(=O)O)=CC[C@@]12OC(=O)C[C@H](NC(=O)[C@@H](O)c1ccccc1)C(=O)O. The summed E-state index contributed by atoms with van der Waals surface area (Å²) >= 11 is 0. The highest BCUT2D eigenvalue weighted by molar-refractivity contribution is 5.90. The van der Waals surface area contributed by atoms with Gasteiger partial charge in [0.1, 0.15) is 23.4 Å². The maximum Gasteiger partial charge on any atom is 0.326 e. The van der Waals surface area contributed by atoms with E-state index in [0.29, 0.717) is 12.1 Å². The third-order valence-corrected chi connectivity index (χ3v) is 11.5. The van der Waals surface area contributed by atoms with Crippen LogP contribution in [0.15, 0.2) is 84.6 Å². The Kier molecular flexibility index (Phi) is 12.1. The fourth-order valence-corrected chi connectivity index (χ4v) is 8.31. The van der Waals surface area contributed by atoms with Gasteiger partial charge in [-0.15, -0.1) is 0 Å². The van der Waals surface area contributed by atoms with Crippen LogP contribution < -0.4 is 15.4 Å². The van der Waals surface area contributed by atoms with Crippen LogP contribution in [0.2, 0.25) is 0 Å². The van der Waals surface area contributed by atoms with Crippen molar-refractivity contribution < 1.29 is 68.5 Å². The highest BCUT2D eigenvalue weighted by Gasteiger charge is 2.71. The number of hydrogen-bond donors (Lipinski definition) is 7. The zero-order valence-corrected chi connectivity index (χ0v) is 32.4. The number of carbonyl (C=O) groups is 6. The first kappa shape index (κ1) is 42.3. The number of nitrogens with zero attached hydrogens (tertiary/aromatic N) is 1. The molecule has 312 valence electrons. The maximum absolute atomic E-state index is 14.0. The van der Waals surface area contributed by atoms with Crippen molar-refractivity contribution in [2.45, 2.75) is 87.0 Å². The van der Waals surface area contributed by atoms with Crippen molar-refractivity contribution in [2.24, 2.45) is 0 Å². The fraction of sp³-hybridized carbons (Fsp3) is 0.381. The van der Waals surface area contributed by atoms with Crippen molar-refractivity contribution in [3.63, 3.8) is 0 Å². The van der Waals surface area contributed by atoms with Gasteiger partial charge < -0.3 is 50.4 Å². The molecule has 0 saturated carbocycles. The average Bonchev–Trinajstić information content (AvgIpc) is 3.56. The maximum atomic E-state index is 14.0. The average molecular weight is 816 g/mol. The Morgan fingerprint density at radius 1 is 0.831 bits per heavy atom. The Bertz CT molecular complexity index is 2160. The summed E-state index contributed by atoms with van der Waals surface area (Å²) in [5.41, 5.74) is -1.43. The number of ether oxygens (including phenoxy) is 3. The van der Waals surface area contributed by atoms with Crippen molar-refractivity contribution >= 4 is 35.7 Å². The van der Waals surface area contributed by atoms with E-state index < -0.39 is 96.0 Å². The van der Waals surface area contributed by atoms with Crippen LogP contribution in [0.5, 0.6) is 11.5 Å². The van der Waals surface area contributed by atoms with Gasteiger partial charge in [-0.25, -0.2) is 9.59 Å². The Morgan fingerprint density at radius 2 is 1.36 bits per heavy atom. The van der Waals surface area contributed by atoms with Crippen LogP contribution >= 0.6 is 0 Å². The van der Waals surface area contributed by atoms with Gasteiger partial charge in [0.05, 0.1) is 24.3 Å². The number of aliphatic hydroxyl groups excluding tert-OH is 2. The Morgan fingerprint density at radius 3 is 1.86 bits per heavy atom. The van der Waals surface area contributed by atoms with Crippen molar-refractivity contribution in [3.8, 4) is 11.5 Å². The Balaban J connectivity index is 1.29. The van der Waals surface area contributed by atoms with Crippen molar-refractivity contribution in [1.29, 1.82) is 0 Å². The number of carboxylic acid groups (broad SMARTS) is 2. The number of aliphatic hydroxyl groups is 2. The number of benzene rings is 3. The predicted molar refractivity (Wildman–Crippen MR) is 204 cm³/mol. The number of aromatic hydroxyl groups is 1. The normalized spacial score (nSPS) is 23.3. The number of rotatable bonds is 16. The molecular weight excluding hydrogens is 770 g/mol. The Hall–Kier alpha value is -6.30. The topological polar surface area (TPSA) is 259 Å². The first-order valence-corrected chi connectivity index (χ1v) is 18.9. The quantitative estimate of drug-likeness (QED) is 0.102. The number of aliphatic carboxylic acids is 2. The summed E-state index contributed by atoms with van der Waals surface area (Å²) in [6.07, 6.45) is -4.83. The largest absolute Gasteiger partial charge is 0.504 e. The highest BCUT2D eigenvalue weighted by Crippen LogP contribution is 2.63. The molecule has 3 aromatic carbocycles. The first-order chi connectivity index (χ1) is 28.0. The lowest BCUT2D eigenvalue weighted by Crippen LogP contribution is -2.71. The molecule has 2 amide bonds. The van der Waals surface area contributed by atoms with Gasteiger partial charge in [0.25, 0.3) is 11.8 Å². The van der Waals surface area contributed by atoms with Gasteiger partial charge in [-0.1, -0.05) is 73.7 Å². The predicted octanol–water partition coefficient (Wildman–Crippen LogP) is 1.79. The lowest BCUT2D eigenvalue weighted by Gasteiger charge is -2.58. The zero-order chi connectivity index (χ0) is 42.8. The van der Waals surface area contributed by atoms with Crippen molar-refractivity contribution in [1.82, 2.24) is 15.5 Å². The molecule has 3 aliphatic rings. The number of phenols is 1. The molecule has 1 heterocycles. The summed E-state index contributed by atoms with van der Waals surface area (Å²) in [6.45, 7) is 4.05. The van der Waals surface area contributed by atoms with E-state index in [9.17, 15) is 54.3 Å². The number of esters is 2. The lowest BCUT2D eigenvalue weighted by molar-refractivity contribution is -0.192. The molecule has 0 radical (unpaired) electrons. The second-order valence-electron chi connectivity index (χ2n) is 14.9. The molecule has 0 aromatic heterocycles. The van der Waals surface area contributed by atoms with Gasteiger partial charge >= 0.3 is 23.9 Å². The van der Waals surface area contributed by atoms with Gasteiger partial charge in [-0.3, -0.25) is 24.1 Å². The molecule has 0 bridgehead atoms. The minimum Gasteiger partial charge on any atom is -0.504 e. The number of hydrogen-bond acceptors (Lipinski definition) is 13. The molecule has 0 spiro atoms. The summed E-state index contributed by atoms with van der Waals surface area (Å²) in [4.78, 5) is 79.8. The van der Waals surface area contributed by atoms with Crippen molar-refractivity contribution in [2.75, 3.05) is 13.6 Å². The molecule has 17 heteroatoms. The second-order valence-corrected chi connectivity index (χ2v) is 14.9. The van der Waals surface area contributed by atoms with E-state index in [1.54, 1.807) is 56.4 Å². The fourth-order valence-electron chi connectivity index (χ4n) is 8.31. The van der Waals surface area contributed by atoms with Crippen LogP contribution in [0.3, 0.4) is 0 Å². The summed E-state index contributed by atoms with van der Waals surface area (Å²) < 4.78 is 18.5. The van der Waals surface area contributed by atoms with Gasteiger partial charge in [0.2, 0.25) is 0 Å². The second kappa shape index (κ2) is 16.9. The molecule has 2 aliphatic carbocycles. The summed E-state index contributed by atoms with van der Waals surface area (Å²) in [7, 11) is 1.81. The van der Waals surface area contributed by atoms with Gasteiger partial charge in [0.15, 0.2) is 29.8 Å². The minimum absolute atomic E-state index is 0.0352. The van der Waals surface area contributed by atoms with Gasteiger partial charge in [-0.05, 0) is 55.8 Å². The monoisotopic (exact) mass is 815 g/mol. The standard InChI is InChI=1S/C42H45N3O14/c1-4-45(3)29-19-24-15-16-27(46)35-32(24)41(2)36(58-35)28(57-30(47)20-25(39(53)54)43-37(51)33(49)22-11-7-5-8-12-22)17-18-42(29,41)59-31(48)21-26(40(55)56)44-38(52)34(50)23-13-9-6-10-14-23/h5-17,25-26,29,33-34,36,46,49-50H,4,18-21H2,1-3H3,(H,43,51)(H,44,52)(H,53,54)(H,55,56)/t25-,26-,29+,33-,34-,36-,41-,42+/m0/s1. The van der Waals surface area contributed by atoms with Crippen LogP contribution in [0.25, 0.3) is 0 Å². The summed E-state index contributed by atoms with van der Waals surface area (Å²) in [6, 6.07) is 14.5. The third kappa shape index (κ3) is 7.96. The molecule has 3 aromatic rings. The number of amides is 2. The van der Waals surface area contributed by atoms with Crippen LogP contribution in [0.4, 0.5) is 0 Å². The van der Waals surface area contributed by atoms with E-state index >= 15 is 0 Å². The summed E-state index contributed by atoms with van der Waals surface area (Å²) in [5, 5.41) is 56.4. The van der Waals surface area contributed by atoms with Crippen LogP contribution in [0, 0.1) is 0 Å². The van der Waals surface area contributed by atoms with E-state index in [4.69, 9.17) is 14.2 Å². The molecule has 8 atom stereocenters. The molecule has 59 heavy (non-hydrogen) atoms. The van der Waals surface area contributed by atoms with E-state index in [1.807, 2.05) is 11.8 Å². The lowest BCUT2D eigenvalue weighted by atomic mass is 9.54. The summed E-state index contributed by atoms with van der Waals surface area (Å²) in [5.74, 6) is -7.69. The molecule has 7 N–H and O–H groups in total. The highest BCUT2D eigenvalue weighted by atomic mass is 16.6. The van der Waals surface area contributed by atoms with Gasteiger partial charge in [-0.2, -0.15) is 0 Å². The third-order valence-electron chi connectivity index (χ3n) is 11.5. The number of carboxylic acids is 2. The smallest absolute Gasteiger partial charge is 0.326 e. The van der Waals surface area contributed by atoms with Crippen LogP contribution in [0.1, 0.15) is 67.6 Å². The van der Waals surface area contributed by atoms with Crippen molar-refractivity contribution in [3.05, 3.63) is 107 Å².